The smallest absolute Gasteiger partial charge is 0.135 e. The molecule has 2 aromatic heterocycles. The Bertz CT molecular complexity index is 467. The lowest BCUT2D eigenvalue weighted by atomic mass is 9.92. The summed E-state index contributed by atoms with van der Waals surface area (Å²) < 4.78 is 5.30. The monoisotopic (exact) mass is 232 g/mol. The third kappa shape index (κ3) is 2.38. The number of aryl methyl sites for hydroxylation is 1. The average molecular weight is 232 g/mol. The Balaban J connectivity index is 2.28. The van der Waals surface area contributed by atoms with Crippen molar-refractivity contribution < 1.29 is 9.52 Å². The summed E-state index contributed by atoms with van der Waals surface area (Å²) in [5, 5.41) is 10.3. The summed E-state index contributed by atoms with van der Waals surface area (Å²) in [6, 6.07) is 5.57. The molecule has 4 nitrogen and oxygen atoms in total. The Morgan fingerprint density at radius 1 is 1.47 bits per heavy atom. The van der Waals surface area contributed by atoms with Gasteiger partial charge in [0.25, 0.3) is 0 Å². The van der Waals surface area contributed by atoms with Crippen LogP contribution in [-0.4, -0.2) is 16.6 Å². The van der Waals surface area contributed by atoms with E-state index in [4.69, 9.17) is 10.2 Å². The molecule has 0 aliphatic heterocycles. The van der Waals surface area contributed by atoms with E-state index < -0.39 is 6.10 Å². The predicted molar refractivity (Wildman–Crippen MR) is 64.4 cm³/mol. The number of hydrogen-bond acceptors (Lipinski definition) is 4. The molecule has 0 aromatic carbocycles. The van der Waals surface area contributed by atoms with Gasteiger partial charge in [0.05, 0.1) is 6.26 Å². The molecule has 0 aliphatic rings. The topological polar surface area (TPSA) is 72.3 Å². The lowest BCUT2D eigenvalue weighted by Crippen LogP contribution is -2.20. The molecule has 0 amide bonds. The van der Waals surface area contributed by atoms with Crippen LogP contribution in [0.15, 0.2) is 41.3 Å². The Labute approximate surface area is 100 Å². The number of furan rings is 1. The van der Waals surface area contributed by atoms with Crippen molar-refractivity contribution in [2.75, 3.05) is 6.54 Å². The molecule has 0 spiro atoms. The first-order chi connectivity index (χ1) is 8.24. The average Bonchev–Trinajstić information content (AvgIpc) is 2.77. The number of aliphatic hydroxyl groups is 1. The second kappa shape index (κ2) is 5.12. The molecule has 3 N–H and O–H groups in total. The normalized spacial score (nSPS) is 14.5. The molecule has 0 fully saturated rings. The SMILES string of the molecule is Cc1ccoc1C(O)C(CN)c1cccnc1. The molecule has 0 aliphatic carbocycles. The van der Waals surface area contributed by atoms with Gasteiger partial charge in [-0.25, -0.2) is 0 Å². The Hall–Kier alpha value is -1.65. The minimum Gasteiger partial charge on any atom is -0.466 e. The van der Waals surface area contributed by atoms with Gasteiger partial charge in [0.15, 0.2) is 0 Å². The molecule has 4 heteroatoms. The van der Waals surface area contributed by atoms with Crippen LogP contribution in [0.3, 0.4) is 0 Å². The van der Waals surface area contributed by atoms with Crippen LogP contribution in [0.1, 0.15) is 28.9 Å². The molecule has 0 saturated heterocycles. The van der Waals surface area contributed by atoms with Gasteiger partial charge in [0.2, 0.25) is 0 Å². The number of nitrogens with two attached hydrogens (primary N) is 1. The number of pyridine rings is 1. The van der Waals surface area contributed by atoms with E-state index in [9.17, 15) is 5.11 Å². The molecule has 17 heavy (non-hydrogen) atoms. The number of aromatic nitrogens is 1. The van der Waals surface area contributed by atoms with E-state index in [1.165, 1.54) is 0 Å². The molecule has 2 atom stereocenters. The Morgan fingerprint density at radius 3 is 2.82 bits per heavy atom. The zero-order chi connectivity index (χ0) is 12.3. The van der Waals surface area contributed by atoms with Gasteiger partial charge < -0.3 is 15.3 Å². The third-order valence-electron chi connectivity index (χ3n) is 2.92. The maximum atomic E-state index is 10.3. The highest BCUT2D eigenvalue weighted by molar-refractivity contribution is 5.24. The van der Waals surface area contributed by atoms with Crippen LogP contribution in [0.4, 0.5) is 0 Å². The van der Waals surface area contributed by atoms with E-state index in [-0.39, 0.29) is 5.92 Å². The predicted octanol–water partition coefficient (Wildman–Crippen LogP) is 1.76. The van der Waals surface area contributed by atoms with Gasteiger partial charge in [0, 0.05) is 24.9 Å². The minimum atomic E-state index is -0.737. The number of aliphatic hydroxyl groups excluding tert-OH is 1. The van der Waals surface area contributed by atoms with Crippen LogP contribution < -0.4 is 5.73 Å². The van der Waals surface area contributed by atoms with Crippen LogP contribution in [-0.2, 0) is 0 Å². The van der Waals surface area contributed by atoms with Gasteiger partial charge in [-0.1, -0.05) is 6.07 Å². The second-order valence-electron chi connectivity index (χ2n) is 4.04. The van der Waals surface area contributed by atoms with Crippen molar-refractivity contribution in [3.05, 3.63) is 53.7 Å². The maximum absolute atomic E-state index is 10.3. The first kappa shape index (κ1) is 11.8. The highest BCUT2D eigenvalue weighted by atomic mass is 16.4. The van der Waals surface area contributed by atoms with Crippen LogP contribution >= 0.6 is 0 Å². The fraction of sp³-hybridized carbons (Fsp3) is 0.308. The molecule has 2 unspecified atom stereocenters. The molecule has 0 saturated carbocycles. The van der Waals surface area contributed by atoms with Crippen LogP contribution in [0.2, 0.25) is 0 Å². The van der Waals surface area contributed by atoms with Crippen molar-refractivity contribution >= 4 is 0 Å². The summed E-state index contributed by atoms with van der Waals surface area (Å²) in [5.41, 5.74) is 7.58. The number of hydrogen-bond donors (Lipinski definition) is 2. The van der Waals surface area contributed by atoms with E-state index in [1.54, 1.807) is 18.7 Å². The van der Waals surface area contributed by atoms with Gasteiger partial charge in [-0.05, 0) is 30.2 Å². The van der Waals surface area contributed by atoms with E-state index >= 15 is 0 Å². The van der Waals surface area contributed by atoms with Crippen molar-refractivity contribution in [2.45, 2.75) is 18.9 Å². The van der Waals surface area contributed by atoms with Crippen LogP contribution in [0, 0.1) is 6.92 Å². The van der Waals surface area contributed by atoms with E-state index in [0.717, 1.165) is 11.1 Å². The molecule has 0 radical (unpaired) electrons. The van der Waals surface area contributed by atoms with Crippen LogP contribution in [0.25, 0.3) is 0 Å². The van der Waals surface area contributed by atoms with Crippen molar-refractivity contribution in [1.29, 1.82) is 0 Å². The van der Waals surface area contributed by atoms with E-state index in [1.807, 2.05) is 25.1 Å². The molecular weight excluding hydrogens is 216 g/mol. The van der Waals surface area contributed by atoms with E-state index in [0.29, 0.717) is 12.3 Å². The quantitative estimate of drug-likeness (QED) is 0.842. The zero-order valence-electron chi connectivity index (χ0n) is 9.71. The van der Waals surface area contributed by atoms with Crippen molar-refractivity contribution in [3.63, 3.8) is 0 Å². The second-order valence-corrected chi connectivity index (χ2v) is 4.04. The standard InChI is InChI=1S/C13H16N2O2/c1-9-4-6-17-13(9)12(16)11(7-14)10-3-2-5-15-8-10/h2-6,8,11-12,16H,7,14H2,1H3. The van der Waals surface area contributed by atoms with E-state index in [2.05, 4.69) is 4.98 Å². The van der Waals surface area contributed by atoms with Gasteiger partial charge in [-0.2, -0.15) is 0 Å². The highest BCUT2D eigenvalue weighted by Crippen LogP contribution is 2.31. The fourth-order valence-electron chi connectivity index (χ4n) is 1.91. The highest BCUT2D eigenvalue weighted by Gasteiger charge is 2.25. The number of nitrogens with zero attached hydrogens (tertiary/aromatic N) is 1. The van der Waals surface area contributed by atoms with Crippen molar-refractivity contribution in [1.82, 2.24) is 4.98 Å². The largest absolute Gasteiger partial charge is 0.466 e. The molecule has 2 heterocycles. The summed E-state index contributed by atoms with van der Waals surface area (Å²) in [7, 11) is 0. The lowest BCUT2D eigenvalue weighted by molar-refractivity contribution is 0.121. The fourth-order valence-corrected chi connectivity index (χ4v) is 1.91. The molecule has 2 rings (SSSR count). The molecular formula is C13H16N2O2. The van der Waals surface area contributed by atoms with Gasteiger partial charge >= 0.3 is 0 Å². The third-order valence-corrected chi connectivity index (χ3v) is 2.92. The molecule has 2 aromatic rings. The first-order valence-electron chi connectivity index (χ1n) is 5.56. The zero-order valence-corrected chi connectivity index (χ0v) is 9.71. The molecule has 90 valence electrons. The maximum Gasteiger partial charge on any atom is 0.135 e. The van der Waals surface area contributed by atoms with Gasteiger partial charge in [-0.15, -0.1) is 0 Å². The van der Waals surface area contributed by atoms with Crippen molar-refractivity contribution in [2.24, 2.45) is 5.73 Å². The summed E-state index contributed by atoms with van der Waals surface area (Å²) >= 11 is 0. The summed E-state index contributed by atoms with van der Waals surface area (Å²) in [5.74, 6) is 0.373. The summed E-state index contributed by atoms with van der Waals surface area (Å²) in [6.45, 7) is 2.24. The summed E-state index contributed by atoms with van der Waals surface area (Å²) in [4.78, 5) is 4.04. The number of rotatable bonds is 4. The first-order valence-corrected chi connectivity index (χ1v) is 5.56. The van der Waals surface area contributed by atoms with Crippen LogP contribution in [0.5, 0.6) is 0 Å². The minimum absolute atomic E-state index is 0.200. The Kier molecular flexibility index (Phi) is 3.56. The van der Waals surface area contributed by atoms with Gasteiger partial charge in [0.1, 0.15) is 11.9 Å². The Morgan fingerprint density at radius 2 is 2.29 bits per heavy atom. The van der Waals surface area contributed by atoms with Gasteiger partial charge in [-0.3, -0.25) is 4.98 Å². The molecule has 0 bridgehead atoms. The lowest BCUT2D eigenvalue weighted by Gasteiger charge is -2.20. The van der Waals surface area contributed by atoms with Crippen molar-refractivity contribution in [3.8, 4) is 0 Å². The summed E-state index contributed by atoms with van der Waals surface area (Å²) in [6.07, 6.45) is 4.25.